The minimum Gasteiger partial charge on any atom is -0.364 e. The fourth-order valence-corrected chi connectivity index (χ4v) is 3.18. The van der Waals surface area contributed by atoms with E-state index < -0.39 is 0 Å². The molecule has 1 unspecified atom stereocenters. The number of hydrogen-bond donors (Lipinski definition) is 1. The molecule has 3 heteroatoms. The molecule has 0 saturated heterocycles. The van der Waals surface area contributed by atoms with Crippen LogP contribution in [0.1, 0.15) is 25.1 Å². The van der Waals surface area contributed by atoms with Gasteiger partial charge >= 0.3 is 0 Å². The number of ether oxygens (including phenoxy) is 1. The predicted molar refractivity (Wildman–Crippen MR) is 78.5 cm³/mol. The molecule has 0 bridgehead atoms. The highest BCUT2D eigenvalue weighted by Gasteiger charge is 2.36. The van der Waals surface area contributed by atoms with Crippen molar-refractivity contribution in [3.05, 3.63) is 35.5 Å². The van der Waals surface area contributed by atoms with Crippen molar-refractivity contribution in [2.24, 2.45) is 0 Å². The van der Waals surface area contributed by atoms with E-state index in [1.54, 1.807) is 0 Å². The summed E-state index contributed by atoms with van der Waals surface area (Å²) in [6, 6.07) is 8.54. The van der Waals surface area contributed by atoms with Crippen LogP contribution in [-0.4, -0.2) is 36.6 Å². The van der Waals surface area contributed by atoms with Gasteiger partial charge < -0.3 is 14.6 Å². The zero-order valence-corrected chi connectivity index (χ0v) is 12.2. The molecule has 1 atom stereocenters. The Kier molecular flexibility index (Phi) is 2.91. The molecule has 1 N–H and O–H groups in total. The lowest BCUT2D eigenvalue weighted by Crippen LogP contribution is -2.41. The van der Waals surface area contributed by atoms with Crippen molar-refractivity contribution in [3.8, 4) is 0 Å². The topological polar surface area (TPSA) is 28.3 Å². The van der Waals surface area contributed by atoms with Gasteiger partial charge in [-0.25, -0.2) is 0 Å². The molecule has 0 fully saturated rings. The van der Waals surface area contributed by atoms with Crippen LogP contribution in [0.15, 0.2) is 24.3 Å². The highest BCUT2D eigenvalue weighted by molar-refractivity contribution is 5.85. The fourth-order valence-electron chi connectivity index (χ4n) is 3.18. The Bertz CT molecular complexity index is 598. The van der Waals surface area contributed by atoms with E-state index in [0.29, 0.717) is 0 Å². The second-order valence-corrected chi connectivity index (χ2v) is 6.24. The maximum absolute atomic E-state index is 6.27. The number of fused-ring (bicyclic) bond motifs is 3. The lowest BCUT2D eigenvalue weighted by molar-refractivity contribution is -0.0959. The number of benzene rings is 1. The van der Waals surface area contributed by atoms with Crippen LogP contribution in [0.4, 0.5) is 0 Å². The molecule has 2 aromatic rings. The van der Waals surface area contributed by atoms with Gasteiger partial charge in [0.1, 0.15) is 5.60 Å². The monoisotopic (exact) mass is 258 g/mol. The van der Waals surface area contributed by atoms with Crippen LogP contribution < -0.4 is 0 Å². The minimum atomic E-state index is -0.243. The maximum Gasteiger partial charge on any atom is 0.103 e. The summed E-state index contributed by atoms with van der Waals surface area (Å²) in [5.41, 5.74) is 3.64. The summed E-state index contributed by atoms with van der Waals surface area (Å²) in [5, 5.41) is 1.35. The normalized spacial score (nSPS) is 21.8. The number of aromatic amines is 1. The third-order valence-electron chi connectivity index (χ3n) is 3.88. The zero-order valence-electron chi connectivity index (χ0n) is 12.2. The van der Waals surface area contributed by atoms with Crippen LogP contribution in [0.2, 0.25) is 0 Å². The average Bonchev–Trinajstić information content (AvgIpc) is 2.68. The van der Waals surface area contributed by atoms with Crippen molar-refractivity contribution < 1.29 is 4.74 Å². The summed E-state index contributed by atoms with van der Waals surface area (Å²) in [7, 11) is 4.20. The summed E-state index contributed by atoms with van der Waals surface area (Å²) in [6.45, 7) is 5.27. The van der Waals surface area contributed by atoms with E-state index in [1.165, 1.54) is 22.2 Å². The fraction of sp³-hybridized carbons (Fsp3) is 0.500. The van der Waals surface area contributed by atoms with E-state index in [0.717, 1.165) is 13.0 Å². The Balaban J connectivity index is 2.08. The van der Waals surface area contributed by atoms with Crippen LogP contribution in [0.5, 0.6) is 0 Å². The largest absolute Gasteiger partial charge is 0.364 e. The van der Waals surface area contributed by atoms with Gasteiger partial charge in [0.05, 0.1) is 11.8 Å². The van der Waals surface area contributed by atoms with Crippen molar-refractivity contribution >= 4 is 10.9 Å². The van der Waals surface area contributed by atoms with Crippen molar-refractivity contribution in [2.45, 2.75) is 32.0 Å². The molecule has 3 nitrogen and oxygen atoms in total. The molecule has 0 amide bonds. The third kappa shape index (κ3) is 2.17. The van der Waals surface area contributed by atoms with E-state index in [-0.39, 0.29) is 11.7 Å². The minimum absolute atomic E-state index is 0.243. The smallest absolute Gasteiger partial charge is 0.103 e. The molecule has 1 aromatic carbocycles. The standard InChI is InChI=1S/C16H22N2O/c1-16(2)15-13(9-11(19-16)10-18(3)4)12-7-5-6-8-14(12)17-15/h5-8,11,17H,9-10H2,1-4H3. The predicted octanol–water partition coefficient (Wildman–Crippen LogP) is 2.91. The number of hydrogen-bond acceptors (Lipinski definition) is 2. The summed E-state index contributed by atoms with van der Waals surface area (Å²) < 4.78 is 6.27. The van der Waals surface area contributed by atoms with Gasteiger partial charge in [-0.1, -0.05) is 18.2 Å². The van der Waals surface area contributed by atoms with E-state index in [4.69, 9.17) is 4.74 Å². The Morgan fingerprint density at radius 1 is 1.32 bits per heavy atom. The molecular formula is C16H22N2O. The summed E-state index contributed by atoms with van der Waals surface area (Å²) in [6.07, 6.45) is 1.25. The first-order valence-corrected chi connectivity index (χ1v) is 6.90. The van der Waals surface area contributed by atoms with Gasteiger partial charge in [-0.3, -0.25) is 0 Å². The van der Waals surface area contributed by atoms with E-state index in [9.17, 15) is 0 Å². The highest BCUT2D eigenvalue weighted by Crippen LogP contribution is 2.38. The van der Waals surface area contributed by atoms with E-state index in [1.807, 2.05) is 0 Å². The van der Waals surface area contributed by atoms with Gasteiger partial charge in [-0.15, -0.1) is 0 Å². The summed E-state index contributed by atoms with van der Waals surface area (Å²) in [4.78, 5) is 5.74. The van der Waals surface area contributed by atoms with Gasteiger partial charge in [0.25, 0.3) is 0 Å². The second-order valence-electron chi connectivity index (χ2n) is 6.24. The third-order valence-corrected chi connectivity index (χ3v) is 3.88. The molecule has 0 saturated carbocycles. The molecule has 19 heavy (non-hydrogen) atoms. The molecule has 102 valence electrons. The Morgan fingerprint density at radius 3 is 2.79 bits per heavy atom. The summed E-state index contributed by atoms with van der Waals surface area (Å²) >= 11 is 0. The first-order chi connectivity index (χ1) is 8.97. The molecule has 0 aliphatic carbocycles. The van der Waals surface area contributed by atoms with Gasteiger partial charge in [0.15, 0.2) is 0 Å². The van der Waals surface area contributed by atoms with Crippen molar-refractivity contribution in [1.29, 1.82) is 0 Å². The average molecular weight is 258 g/mol. The second kappa shape index (κ2) is 4.36. The van der Waals surface area contributed by atoms with Crippen LogP contribution in [-0.2, 0) is 16.8 Å². The number of rotatable bonds is 2. The zero-order chi connectivity index (χ0) is 13.6. The Morgan fingerprint density at radius 2 is 2.05 bits per heavy atom. The number of para-hydroxylation sites is 1. The molecular weight excluding hydrogens is 236 g/mol. The van der Waals surface area contributed by atoms with Gasteiger partial charge in [0, 0.05) is 23.9 Å². The molecule has 1 aromatic heterocycles. The first kappa shape index (κ1) is 12.7. The number of nitrogens with zero attached hydrogens (tertiary/aromatic N) is 1. The molecule has 0 radical (unpaired) electrons. The SMILES string of the molecule is CN(C)CC1Cc2c([nH]c3ccccc23)C(C)(C)O1. The van der Waals surface area contributed by atoms with Crippen molar-refractivity contribution in [3.63, 3.8) is 0 Å². The Labute approximate surface area is 114 Å². The first-order valence-electron chi connectivity index (χ1n) is 6.90. The molecule has 0 spiro atoms. The molecule has 2 heterocycles. The van der Waals surface area contributed by atoms with Crippen LogP contribution in [0.3, 0.4) is 0 Å². The lowest BCUT2D eigenvalue weighted by atomic mass is 9.91. The molecule has 1 aliphatic rings. The van der Waals surface area contributed by atoms with E-state index >= 15 is 0 Å². The van der Waals surface area contributed by atoms with E-state index in [2.05, 4.69) is 62.1 Å². The number of H-pyrrole nitrogens is 1. The number of likely N-dealkylation sites (N-methyl/N-ethyl adjacent to an activating group) is 1. The maximum atomic E-state index is 6.27. The highest BCUT2D eigenvalue weighted by atomic mass is 16.5. The molecule has 3 rings (SSSR count). The molecule has 1 aliphatic heterocycles. The number of aromatic nitrogens is 1. The Hall–Kier alpha value is -1.32. The van der Waals surface area contributed by atoms with Crippen molar-refractivity contribution in [2.75, 3.05) is 20.6 Å². The van der Waals surface area contributed by atoms with Crippen molar-refractivity contribution in [1.82, 2.24) is 9.88 Å². The van der Waals surface area contributed by atoms with Gasteiger partial charge in [0.2, 0.25) is 0 Å². The van der Waals surface area contributed by atoms with Gasteiger partial charge in [-0.05, 0) is 39.6 Å². The van der Waals surface area contributed by atoms with Gasteiger partial charge in [-0.2, -0.15) is 0 Å². The summed E-state index contributed by atoms with van der Waals surface area (Å²) in [5.74, 6) is 0. The number of nitrogens with one attached hydrogen (secondary N) is 1. The quantitative estimate of drug-likeness (QED) is 0.897. The lowest BCUT2D eigenvalue weighted by Gasteiger charge is -2.37. The van der Waals surface area contributed by atoms with Crippen LogP contribution in [0, 0.1) is 0 Å². The van der Waals surface area contributed by atoms with Crippen LogP contribution >= 0.6 is 0 Å². The van der Waals surface area contributed by atoms with Crippen LogP contribution in [0.25, 0.3) is 10.9 Å².